The van der Waals surface area contributed by atoms with E-state index in [4.69, 9.17) is 0 Å². The highest BCUT2D eigenvalue weighted by Crippen LogP contribution is 2.24. The predicted octanol–water partition coefficient (Wildman–Crippen LogP) is 3.72. The molecule has 1 saturated heterocycles. The molecule has 4 N–H and O–H groups in total. The quantitative estimate of drug-likeness (QED) is 0.440. The highest BCUT2D eigenvalue weighted by molar-refractivity contribution is 5.96. The van der Waals surface area contributed by atoms with E-state index in [-0.39, 0.29) is 29.7 Å². The van der Waals surface area contributed by atoms with Crippen LogP contribution in [0.2, 0.25) is 0 Å². The van der Waals surface area contributed by atoms with E-state index in [9.17, 15) is 14.7 Å². The number of aliphatic hydroxyl groups excluding tert-OH is 1. The maximum absolute atomic E-state index is 13.2. The van der Waals surface area contributed by atoms with Crippen LogP contribution in [0.25, 0.3) is 0 Å². The second-order valence-electron chi connectivity index (χ2n) is 11.8. The molecule has 37 heavy (non-hydrogen) atoms. The number of nitrogens with one attached hydrogen (secondary N) is 3. The Kier molecular flexibility index (Phi) is 9.04. The number of aliphatic hydroxyl groups is 1. The first-order chi connectivity index (χ1) is 17.7. The summed E-state index contributed by atoms with van der Waals surface area (Å²) in [4.78, 5) is 26.2. The first-order valence-corrected chi connectivity index (χ1v) is 13.9. The molecule has 2 aromatic rings. The third kappa shape index (κ3) is 7.65. The van der Waals surface area contributed by atoms with Crippen molar-refractivity contribution in [2.24, 2.45) is 5.92 Å². The number of benzene rings is 2. The number of piperidine rings is 1. The molecule has 0 unspecified atom stereocenters. The molecule has 0 radical (unpaired) electrons. The van der Waals surface area contributed by atoms with Crippen molar-refractivity contribution in [3.05, 3.63) is 70.3 Å². The number of hydrogen-bond acceptors (Lipinski definition) is 4. The molecule has 6 nitrogen and oxygen atoms in total. The van der Waals surface area contributed by atoms with Gasteiger partial charge in [0.1, 0.15) is 0 Å². The fraction of sp³-hybridized carbons (Fsp3) is 0.548. The molecule has 2 aliphatic rings. The van der Waals surface area contributed by atoms with Crippen molar-refractivity contribution in [2.45, 2.75) is 89.8 Å². The van der Waals surface area contributed by atoms with Gasteiger partial charge in [-0.25, -0.2) is 0 Å². The average Bonchev–Trinajstić information content (AvgIpc) is 2.88. The normalized spacial score (nSPS) is 17.9. The molecule has 1 aliphatic carbocycles. The molecule has 200 valence electrons. The van der Waals surface area contributed by atoms with E-state index < -0.39 is 12.1 Å². The summed E-state index contributed by atoms with van der Waals surface area (Å²) in [5.74, 6) is -0.174. The zero-order valence-corrected chi connectivity index (χ0v) is 22.6. The Morgan fingerprint density at radius 1 is 1.00 bits per heavy atom. The molecule has 0 bridgehead atoms. The minimum absolute atomic E-state index is 0.0160. The van der Waals surface area contributed by atoms with Gasteiger partial charge in [0.2, 0.25) is 5.91 Å². The van der Waals surface area contributed by atoms with Crippen LogP contribution >= 0.6 is 0 Å². The summed E-state index contributed by atoms with van der Waals surface area (Å²) in [7, 11) is 0. The van der Waals surface area contributed by atoms with Crippen LogP contribution < -0.4 is 16.0 Å². The lowest BCUT2D eigenvalue weighted by Crippen LogP contribution is -2.49. The highest BCUT2D eigenvalue weighted by atomic mass is 16.3. The Hall–Kier alpha value is -2.70. The van der Waals surface area contributed by atoms with Crippen LogP contribution in [-0.2, 0) is 30.5 Å². The van der Waals surface area contributed by atoms with Crippen molar-refractivity contribution in [3.8, 4) is 0 Å². The Bertz CT molecular complexity index is 1090. The van der Waals surface area contributed by atoms with E-state index in [0.29, 0.717) is 12.0 Å². The molecule has 2 atom stereocenters. The van der Waals surface area contributed by atoms with Crippen molar-refractivity contribution < 1.29 is 14.7 Å². The van der Waals surface area contributed by atoms with Crippen LogP contribution in [-0.4, -0.2) is 47.7 Å². The van der Waals surface area contributed by atoms with Crippen LogP contribution in [0.5, 0.6) is 0 Å². The summed E-state index contributed by atoms with van der Waals surface area (Å²) in [5.41, 5.74) is 4.93. The fourth-order valence-electron chi connectivity index (χ4n) is 5.53. The van der Waals surface area contributed by atoms with E-state index >= 15 is 0 Å². The van der Waals surface area contributed by atoms with Gasteiger partial charge in [-0.1, -0.05) is 36.4 Å². The molecule has 2 aromatic carbocycles. The molecule has 0 saturated carbocycles. The van der Waals surface area contributed by atoms with Crippen molar-refractivity contribution in [3.63, 3.8) is 0 Å². The summed E-state index contributed by atoms with van der Waals surface area (Å²) < 4.78 is 0. The summed E-state index contributed by atoms with van der Waals surface area (Å²) in [6, 6.07) is 13.6. The lowest BCUT2D eigenvalue weighted by molar-refractivity contribution is -0.127. The Morgan fingerprint density at radius 3 is 2.43 bits per heavy atom. The SMILES string of the molecule is CC(C)(C)NC(=O)c1ccccc1C[C@@H](O)[C@H](Cc1ccc2c(c1)CCCC2)NC(=O)C1CCNCC1. The van der Waals surface area contributed by atoms with Crippen LogP contribution in [0.3, 0.4) is 0 Å². The van der Waals surface area contributed by atoms with E-state index in [1.165, 1.54) is 24.0 Å². The second kappa shape index (κ2) is 12.2. The molecular formula is C31H43N3O3. The molecule has 4 rings (SSSR count). The summed E-state index contributed by atoms with van der Waals surface area (Å²) in [5, 5.41) is 21.0. The Labute approximate surface area is 221 Å². The largest absolute Gasteiger partial charge is 0.391 e. The minimum Gasteiger partial charge on any atom is -0.391 e. The minimum atomic E-state index is -0.828. The number of carbonyl (C=O) groups is 2. The topological polar surface area (TPSA) is 90.5 Å². The first kappa shape index (κ1) is 27.3. The fourth-order valence-corrected chi connectivity index (χ4v) is 5.53. The standard InChI is InChI=1S/C31H43N3O3/c1-31(2,3)34-30(37)26-11-7-6-10-25(26)20-28(35)27(33-29(36)23-14-16-32-17-15-23)19-21-12-13-22-8-4-5-9-24(22)18-21/h6-7,10-13,18,23,27-28,32,35H,4-5,8-9,14-17,19-20H2,1-3H3,(H,33,36)(H,34,37)/t27-,28+/m0/s1. The van der Waals surface area contributed by atoms with E-state index in [2.05, 4.69) is 34.1 Å². The Balaban J connectivity index is 1.54. The number of amides is 2. The molecular weight excluding hydrogens is 462 g/mol. The van der Waals surface area contributed by atoms with Crippen molar-refractivity contribution in [1.82, 2.24) is 16.0 Å². The van der Waals surface area contributed by atoms with Crippen molar-refractivity contribution in [2.75, 3.05) is 13.1 Å². The van der Waals surface area contributed by atoms with Crippen LogP contribution in [0.4, 0.5) is 0 Å². The summed E-state index contributed by atoms with van der Waals surface area (Å²) >= 11 is 0. The number of hydrogen-bond donors (Lipinski definition) is 4. The van der Waals surface area contributed by atoms with Crippen molar-refractivity contribution in [1.29, 1.82) is 0 Å². The molecule has 6 heteroatoms. The monoisotopic (exact) mass is 505 g/mol. The van der Waals surface area contributed by atoms with Gasteiger partial charge in [-0.05, 0) is 107 Å². The van der Waals surface area contributed by atoms with Crippen LogP contribution in [0.15, 0.2) is 42.5 Å². The molecule has 0 spiro atoms. The van der Waals surface area contributed by atoms with E-state index in [0.717, 1.165) is 49.9 Å². The summed E-state index contributed by atoms with van der Waals surface area (Å²) in [6.07, 6.45) is 6.30. The van der Waals surface area contributed by atoms with E-state index in [1.54, 1.807) is 6.07 Å². The number of carbonyl (C=O) groups excluding carboxylic acids is 2. The maximum Gasteiger partial charge on any atom is 0.251 e. The lowest BCUT2D eigenvalue weighted by atomic mass is 9.87. The van der Waals surface area contributed by atoms with Gasteiger partial charge in [-0.15, -0.1) is 0 Å². The average molecular weight is 506 g/mol. The number of rotatable bonds is 8. The highest BCUT2D eigenvalue weighted by Gasteiger charge is 2.28. The van der Waals surface area contributed by atoms with Gasteiger partial charge < -0.3 is 21.1 Å². The third-order valence-electron chi connectivity index (χ3n) is 7.55. The molecule has 1 aliphatic heterocycles. The third-order valence-corrected chi connectivity index (χ3v) is 7.55. The second-order valence-corrected chi connectivity index (χ2v) is 11.8. The van der Waals surface area contributed by atoms with Crippen molar-refractivity contribution >= 4 is 11.8 Å². The first-order valence-electron chi connectivity index (χ1n) is 13.9. The van der Waals surface area contributed by atoms with Gasteiger partial charge in [0.15, 0.2) is 0 Å². The van der Waals surface area contributed by atoms with Gasteiger partial charge in [0, 0.05) is 23.4 Å². The van der Waals surface area contributed by atoms with Gasteiger partial charge in [-0.2, -0.15) is 0 Å². The van der Waals surface area contributed by atoms with Gasteiger partial charge >= 0.3 is 0 Å². The van der Waals surface area contributed by atoms with Crippen LogP contribution in [0.1, 0.15) is 79.1 Å². The number of aryl methyl sites for hydroxylation is 2. The summed E-state index contributed by atoms with van der Waals surface area (Å²) in [6.45, 7) is 7.53. The van der Waals surface area contributed by atoms with Gasteiger partial charge in [0.05, 0.1) is 12.1 Å². The van der Waals surface area contributed by atoms with Gasteiger partial charge in [0.25, 0.3) is 5.91 Å². The molecule has 1 fully saturated rings. The van der Waals surface area contributed by atoms with E-state index in [1.807, 2.05) is 39.0 Å². The molecule has 1 heterocycles. The molecule has 0 aromatic heterocycles. The van der Waals surface area contributed by atoms with Gasteiger partial charge in [-0.3, -0.25) is 9.59 Å². The zero-order chi connectivity index (χ0) is 26.4. The predicted molar refractivity (Wildman–Crippen MR) is 148 cm³/mol. The smallest absolute Gasteiger partial charge is 0.251 e. The lowest BCUT2D eigenvalue weighted by Gasteiger charge is -2.29. The zero-order valence-electron chi connectivity index (χ0n) is 22.6. The molecule has 2 amide bonds. The maximum atomic E-state index is 13.2. The number of fused-ring (bicyclic) bond motifs is 1. The Morgan fingerprint density at radius 2 is 1.70 bits per heavy atom. The van der Waals surface area contributed by atoms with Crippen LogP contribution in [0, 0.1) is 5.92 Å².